The lowest BCUT2D eigenvalue weighted by Gasteiger charge is -2.26. The number of anilines is 3. The molecule has 0 aliphatic rings. The Balaban J connectivity index is 1.18. The molecule has 0 atom stereocenters. The highest BCUT2D eigenvalue weighted by atomic mass is 32.1. The number of para-hydroxylation sites is 2. The van der Waals surface area contributed by atoms with E-state index in [2.05, 4.69) is 163 Å². The molecule has 4 heteroatoms. The van der Waals surface area contributed by atoms with Crippen molar-refractivity contribution in [3.8, 4) is 11.1 Å². The van der Waals surface area contributed by atoms with Crippen LogP contribution in [0.5, 0.6) is 0 Å². The summed E-state index contributed by atoms with van der Waals surface area (Å²) in [5.41, 5.74) is 7.36. The third-order valence-corrected chi connectivity index (χ3v) is 12.4. The Bertz CT molecular complexity index is 3090. The standard InChI is InChI=1S/C46H27NOS2/c1-2-9-28(10-3-1)29-17-20-31(21-18-29)47(38-15-8-14-35-34-13-6-7-16-39(34)48-45(35)38)32-22-24-40-37(27-32)44-41(49-40)25-26-42-43(44)36-23-19-30-11-4-5-12-33(30)46(36)50-42/h1-27H. The molecule has 0 spiro atoms. The summed E-state index contributed by atoms with van der Waals surface area (Å²) in [6.45, 7) is 0. The molecule has 3 heterocycles. The largest absolute Gasteiger partial charge is 0.454 e. The number of hydrogen-bond acceptors (Lipinski definition) is 4. The number of rotatable bonds is 4. The van der Waals surface area contributed by atoms with Crippen molar-refractivity contribution >= 4 is 113 Å². The van der Waals surface area contributed by atoms with Gasteiger partial charge in [0.25, 0.3) is 0 Å². The molecule has 3 aromatic heterocycles. The Morgan fingerprint density at radius 3 is 1.98 bits per heavy atom. The van der Waals surface area contributed by atoms with Crippen LogP contribution < -0.4 is 4.90 Å². The molecule has 11 aromatic rings. The van der Waals surface area contributed by atoms with Crippen molar-refractivity contribution in [2.45, 2.75) is 0 Å². The second-order valence-corrected chi connectivity index (χ2v) is 15.0. The predicted octanol–water partition coefficient (Wildman–Crippen LogP) is 14.6. The fourth-order valence-electron chi connectivity index (χ4n) is 7.76. The van der Waals surface area contributed by atoms with Crippen molar-refractivity contribution < 1.29 is 4.42 Å². The monoisotopic (exact) mass is 673 g/mol. The Morgan fingerprint density at radius 2 is 1.10 bits per heavy atom. The summed E-state index contributed by atoms with van der Waals surface area (Å²) in [5.74, 6) is 0. The first-order chi connectivity index (χ1) is 24.8. The molecule has 0 amide bonds. The maximum absolute atomic E-state index is 6.64. The highest BCUT2D eigenvalue weighted by molar-refractivity contribution is 7.28. The molecule has 0 radical (unpaired) electrons. The molecule has 8 aromatic carbocycles. The molecular formula is C46H27NOS2. The van der Waals surface area contributed by atoms with E-state index in [9.17, 15) is 0 Å². The van der Waals surface area contributed by atoms with Gasteiger partial charge in [-0.25, -0.2) is 0 Å². The topological polar surface area (TPSA) is 16.4 Å². The molecule has 0 saturated carbocycles. The summed E-state index contributed by atoms with van der Waals surface area (Å²) < 4.78 is 11.9. The van der Waals surface area contributed by atoms with E-state index in [1.54, 1.807) is 0 Å². The Hall–Kier alpha value is -5.94. The van der Waals surface area contributed by atoms with Crippen LogP contribution in [0.2, 0.25) is 0 Å². The van der Waals surface area contributed by atoms with Crippen LogP contribution in [0.1, 0.15) is 0 Å². The van der Waals surface area contributed by atoms with E-state index in [4.69, 9.17) is 4.42 Å². The molecule has 0 fully saturated rings. The van der Waals surface area contributed by atoms with E-state index < -0.39 is 0 Å². The molecule has 0 aliphatic carbocycles. The predicted molar refractivity (Wildman–Crippen MR) is 217 cm³/mol. The molecule has 0 aliphatic heterocycles. The van der Waals surface area contributed by atoms with E-state index in [1.807, 2.05) is 28.7 Å². The zero-order valence-electron chi connectivity index (χ0n) is 26.8. The van der Waals surface area contributed by atoms with Gasteiger partial charge in [-0.3, -0.25) is 0 Å². The van der Waals surface area contributed by atoms with Gasteiger partial charge in [0.2, 0.25) is 0 Å². The van der Waals surface area contributed by atoms with Crippen LogP contribution in [0.4, 0.5) is 17.1 Å². The molecule has 50 heavy (non-hydrogen) atoms. The Kier molecular flexibility index (Phi) is 6.03. The normalized spacial score (nSPS) is 12.0. The lowest BCUT2D eigenvalue weighted by Crippen LogP contribution is -2.10. The number of fused-ring (bicyclic) bond motifs is 12. The van der Waals surface area contributed by atoms with E-state index >= 15 is 0 Å². The minimum absolute atomic E-state index is 0.884. The fourth-order valence-corrected chi connectivity index (χ4v) is 10.1. The number of hydrogen-bond donors (Lipinski definition) is 0. The molecule has 0 saturated heterocycles. The minimum Gasteiger partial charge on any atom is -0.454 e. The second kappa shape index (κ2) is 10.8. The average Bonchev–Trinajstić information content (AvgIpc) is 3.87. The van der Waals surface area contributed by atoms with E-state index in [0.29, 0.717) is 0 Å². The zero-order chi connectivity index (χ0) is 32.8. The summed E-state index contributed by atoms with van der Waals surface area (Å²) in [6.07, 6.45) is 0. The van der Waals surface area contributed by atoms with Crippen LogP contribution in [0.25, 0.3) is 84.2 Å². The van der Waals surface area contributed by atoms with Gasteiger partial charge < -0.3 is 9.32 Å². The van der Waals surface area contributed by atoms with Crippen molar-refractivity contribution in [3.63, 3.8) is 0 Å². The molecule has 11 rings (SSSR count). The number of thiophene rings is 2. The van der Waals surface area contributed by atoms with Gasteiger partial charge >= 0.3 is 0 Å². The van der Waals surface area contributed by atoms with Crippen LogP contribution in [0.3, 0.4) is 0 Å². The smallest absolute Gasteiger partial charge is 0.159 e. The van der Waals surface area contributed by atoms with Crippen molar-refractivity contribution in [2.24, 2.45) is 0 Å². The maximum Gasteiger partial charge on any atom is 0.159 e. The SMILES string of the molecule is c1ccc(-c2ccc(N(c3ccc4sc5ccc6sc7c8ccccc8ccc7c6c5c4c3)c3cccc4c3oc3ccccc34)cc2)cc1. The van der Waals surface area contributed by atoms with Crippen LogP contribution >= 0.6 is 22.7 Å². The van der Waals surface area contributed by atoms with Gasteiger partial charge in [0, 0.05) is 62.5 Å². The lowest BCUT2D eigenvalue weighted by molar-refractivity contribution is 0.669. The third-order valence-electron chi connectivity index (χ3n) is 10.1. The zero-order valence-corrected chi connectivity index (χ0v) is 28.4. The van der Waals surface area contributed by atoms with E-state index in [0.717, 1.165) is 39.0 Å². The van der Waals surface area contributed by atoms with Gasteiger partial charge in [0.05, 0.1) is 5.69 Å². The van der Waals surface area contributed by atoms with Gasteiger partial charge in [-0.2, -0.15) is 0 Å². The number of benzene rings is 8. The fraction of sp³-hybridized carbons (Fsp3) is 0. The first-order valence-corrected chi connectivity index (χ1v) is 18.5. The maximum atomic E-state index is 6.64. The van der Waals surface area contributed by atoms with Crippen molar-refractivity contribution in [1.29, 1.82) is 0 Å². The Labute approximate surface area is 295 Å². The van der Waals surface area contributed by atoms with Crippen LogP contribution in [-0.4, -0.2) is 0 Å². The number of furan rings is 1. The summed E-state index contributed by atoms with van der Waals surface area (Å²) in [6, 6.07) is 59.2. The average molecular weight is 674 g/mol. The third kappa shape index (κ3) is 4.13. The van der Waals surface area contributed by atoms with Gasteiger partial charge in [-0.15, -0.1) is 22.7 Å². The molecule has 0 unspecified atom stereocenters. The van der Waals surface area contributed by atoms with Gasteiger partial charge in [-0.1, -0.05) is 109 Å². The van der Waals surface area contributed by atoms with Crippen molar-refractivity contribution in [1.82, 2.24) is 0 Å². The number of nitrogens with zero attached hydrogens (tertiary/aromatic N) is 1. The Morgan fingerprint density at radius 1 is 0.420 bits per heavy atom. The summed E-state index contributed by atoms with van der Waals surface area (Å²) in [5, 5.41) is 10.2. The van der Waals surface area contributed by atoms with Gasteiger partial charge in [0.15, 0.2) is 5.58 Å². The quantitative estimate of drug-likeness (QED) is 0.185. The minimum atomic E-state index is 0.884. The molecule has 234 valence electrons. The summed E-state index contributed by atoms with van der Waals surface area (Å²) in [7, 11) is 0. The first kappa shape index (κ1) is 28.0. The summed E-state index contributed by atoms with van der Waals surface area (Å²) >= 11 is 3.78. The summed E-state index contributed by atoms with van der Waals surface area (Å²) in [4.78, 5) is 2.36. The second-order valence-electron chi connectivity index (χ2n) is 12.9. The lowest BCUT2D eigenvalue weighted by atomic mass is 10.0. The van der Waals surface area contributed by atoms with Crippen LogP contribution in [0, 0.1) is 0 Å². The molecule has 2 nitrogen and oxygen atoms in total. The molecular weight excluding hydrogens is 647 g/mol. The van der Waals surface area contributed by atoms with Gasteiger partial charge in [-0.05, 0) is 76.5 Å². The van der Waals surface area contributed by atoms with Crippen LogP contribution in [0.15, 0.2) is 168 Å². The van der Waals surface area contributed by atoms with E-state index in [1.165, 1.54) is 62.2 Å². The van der Waals surface area contributed by atoms with Crippen molar-refractivity contribution in [3.05, 3.63) is 164 Å². The highest BCUT2D eigenvalue weighted by Gasteiger charge is 2.21. The van der Waals surface area contributed by atoms with E-state index in [-0.39, 0.29) is 0 Å². The molecule has 0 bridgehead atoms. The first-order valence-electron chi connectivity index (χ1n) is 16.8. The highest BCUT2D eigenvalue weighted by Crippen LogP contribution is 2.48. The van der Waals surface area contributed by atoms with Gasteiger partial charge in [0.1, 0.15) is 5.58 Å². The van der Waals surface area contributed by atoms with Crippen molar-refractivity contribution in [2.75, 3.05) is 4.90 Å². The van der Waals surface area contributed by atoms with Crippen LogP contribution in [-0.2, 0) is 0 Å². The molecule has 0 N–H and O–H groups in total.